The normalized spacial score (nSPS) is 9.93. The summed E-state index contributed by atoms with van der Waals surface area (Å²) < 4.78 is 4.56. The average molecular weight is 223 g/mol. The third kappa shape index (κ3) is 2.35. The summed E-state index contributed by atoms with van der Waals surface area (Å²) in [6.07, 6.45) is 1.34. The van der Waals surface area contributed by atoms with E-state index in [1.165, 1.54) is 12.3 Å². The summed E-state index contributed by atoms with van der Waals surface area (Å²) in [5.41, 5.74) is 0.900. The first-order valence-electron chi connectivity index (χ1n) is 4.23. The van der Waals surface area contributed by atoms with Crippen LogP contribution in [0.15, 0.2) is 41.1 Å². The van der Waals surface area contributed by atoms with Gasteiger partial charge in [-0.2, -0.15) is 0 Å². The van der Waals surface area contributed by atoms with Crippen molar-refractivity contribution < 1.29 is 9.32 Å². The van der Waals surface area contributed by atoms with E-state index < -0.39 is 0 Å². The Hall–Kier alpha value is -1.81. The fourth-order valence-corrected chi connectivity index (χ4v) is 1.18. The van der Waals surface area contributed by atoms with Gasteiger partial charge in [-0.3, -0.25) is 4.79 Å². The van der Waals surface area contributed by atoms with Crippen molar-refractivity contribution in [2.75, 3.05) is 5.32 Å². The lowest BCUT2D eigenvalue weighted by Crippen LogP contribution is -2.11. The average Bonchev–Trinajstić information content (AvgIpc) is 2.74. The van der Waals surface area contributed by atoms with Crippen molar-refractivity contribution in [3.8, 4) is 0 Å². The number of hydrogen-bond acceptors (Lipinski definition) is 3. The first kappa shape index (κ1) is 9.73. The van der Waals surface area contributed by atoms with Crippen molar-refractivity contribution in [1.29, 1.82) is 0 Å². The predicted molar refractivity (Wildman–Crippen MR) is 55.9 cm³/mol. The smallest absolute Gasteiger partial charge is 0.277 e. The van der Waals surface area contributed by atoms with Crippen molar-refractivity contribution in [1.82, 2.24) is 5.16 Å². The van der Waals surface area contributed by atoms with Crippen molar-refractivity contribution in [2.45, 2.75) is 0 Å². The molecule has 0 aliphatic rings. The highest BCUT2D eigenvalue weighted by molar-refractivity contribution is 6.30. The third-order valence-electron chi connectivity index (χ3n) is 1.77. The van der Waals surface area contributed by atoms with Gasteiger partial charge in [0.2, 0.25) is 0 Å². The lowest BCUT2D eigenvalue weighted by molar-refractivity contribution is 0.101. The monoisotopic (exact) mass is 222 g/mol. The number of carbonyl (C=O) groups is 1. The number of halogens is 1. The van der Waals surface area contributed by atoms with Crippen molar-refractivity contribution >= 4 is 23.2 Å². The van der Waals surface area contributed by atoms with E-state index in [1.807, 2.05) is 0 Å². The van der Waals surface area contributed by atoms with Crippen molar-refractivity contribution in [3.05, 3.63) is 47.3 Å². The first-order chi connectivity index (χ1) is 7.25. The van der Waals surface area contributed by atoms with Gasteiger partial charge >= 0.3 is 0 Å². The molecule has 1 aromatic carbocycles. The van der Waals surface area contributed by atoms with Crippen LogP contribution in [0.2, 0.25) is 5.02 Å². The molecule has 15 heavy (non-hydrogen) atoms. The van der Waals surface area contributed by atoms with Gasteiger partial charge in [0.1, 0.15) is 6.26 Å². The van der Waals surface area contributed by atoms with E-state index in [9.17, 15) is 4.79 Å². The summed E-state index contributed by atoms with van der Waals surface area (Å²) in [5.74, 6) is -0.314. The number of benzene rings is 1. The van der Waals surface area contributed by atoms with Crippen LogP contribution in [0.1, 0.15) is 10.5 Å². The van der Waals surface area contributed by atoms with Crippen LogP contribution >= 0.6 is 11.6 Å². The minimum atomic E-state index is -0.314. The molecule has 0 spiro atoms. The van der Waals surface area contributed by atoms with Crippen LogP contribution in [-0.2, 0) is 0 Å². The fourth-order valence-electron chi connectivity index (χ4n) is 1.06. The molecule has 1 N–H and O–H groups in total. The highest BCUT2D eigenvalue weighted by Crippen LogP contribution is 2.13. The van der Waals surface area contributed by atoms with E-state index >= 15 is 0 Å². The molecule has 1 aromatic heterocycles. The minimum Gasteiger partial charge on any atom is -0.364 e. The van der Waals surface area contributed by atoms with Gasteiger partial charge in [-0.25, -0.2) is 0 Å². The molecule has 0 fully saturated rings. The van der Waals surface area contributed by atoms with E-state index in [0.29, 0.717) is 10.7 Å². The summed E-state index contributed by atoms with van der Waals surface area (Å²) in [4.78, 5) is 11.5. The molecule has 2 aromatic rings. The zero-order valence-electron chi connectivity index (χ0n) is 7.61. The van der Waals surface area contributed by atoms with Crippen LogP contribution in [0.5, 0.6) is 0 Å². The van der Waals surface area contributed by atoms with Gasteiger partial charge in [-0.15, -0.1) is 0 Å². The molecule has 0 unspecified atom stereocenters. The van der Waals surface area contributed by atoms with Gasteiger partial charge in [-0.1, -0.05) is 16.8 Å². The highest BCUT2D eigenvalue weighted by atomic mass is 35.5. The molecule has 0 atom stereocenters. The first-order valence-corrected chi connectivity index (χ1v) is 4.61. The molecule has 76 valence electrons. The number of anilines is 1. The number of nitrogens with one attached hydrogen (secondary N) is 1. The van der Waals surface area contributed by atoms with E-state index in [2.05, 4.69) is 15.0 Å². The summed E-state index contributed by atoms with van der Waals surface area (Å²) in [7, 11) is 0. The summed E-state index contributed by atoms with van der Waals surface area (Å²) in [6, 6.07) is 8.30. The van der Waals surface area contributed by atoms with E-state index in [0.717, 1.165) is 0 Å². The zero-order valence-corrected chi connectivity index (χ0v) is 8.36. The maximum absolute atomic E-state index is 11.5. The molecule has 0 bridgehead atoms. The van der Waals surface area contributed by atoms with Crippen LogP contribution in [0, 0.1) is 0 Å². The van der Waals surface area contributed by atoms with E-state index in [4.69, 9.17) is 11.6 Å². The molecule has 0 aliphatic heterocycles. The van der Waals surface area contributed by atoms with Gasteiger partial charge in [0.15, 0.2) is 5.69 Å². The molecular weight excluding hydrogens is 216 g/mol. The maximum Gasteiger partial charge on any atom is 0.277 e. The van der Waals surface area contributed by atoms with E-state index in [1.54, 1.807) is 24.3 Å². The van der Waals surface area contributed by atoms with Crippen LogP contribution in [0.4, 0.5) is 5.69 Å². The highest BCUT2D eigenvalue weighted by Gasteiger charge is 2.08. The maximum atomic E-state index is 11.5. The number of amides is 1. The Morgan fingerprint density at radius 2 is 2.00 bits per heavy atom. The third-order valence-corrected chi connectivity index (χ3v) is 2.02. The molecule has 0 radical (unpaired) electrons. The van der Waals surface area contributed by atoms with Crippen molar-refractivity contribution in [2.24, 2.45) is 0 Å². The number of nitrogens with zero attached hydrogens (tertiary/aromatic N) is 1. The molecule has 5 heteroatoms. The SMILES string of the molecule is O=C(Nc1ccc(Cl)cc1)c1ccon1. The van der Waals surface area contributed by atoms with Gasteiger partial charge < -0.3 is 9.84 Å². The van der Waals surface area contributed by atoms with Crippen molar-refractivity contribution in [3.63, 3.8) is 0 Å². The summed E-state index contributed by atoms with van der Waals surface area (Å²) in [6.45, 7) is 0. The van der Waals surface area contributed by atoms with Crippen LogP contribution < -0.4 is 5.32 Å². The number of hydrogen-bond donors (Lipinski definition) is 1. The van der Waals surface area contributed by atoms with Crippen LogP contribution in [0.25, 0.3) is 0 Å². The fraction of sp³-hybridized carbons (Fsp3) is 0. The molecular formula is C10H7ClN2O2. The second kappa shape index (κ2) is 4.14. The molecule has 1 heterocycles. The summed E-state index contributed by atoms with van der Waals surface area (Å²) >= 11 is 5.71. The van der Waals surface area contributed by atoms with Crippen LogP contribution in [-0.4, -0.2) is 11.1 Å². The Morgan fingerprint density at radius 3 is 2.60 bits per heavy atom. The Bertz CT molecular complexity index is 451. The standard InChI is InChI=1S/C10H7ClN2O2/c11-7-1-3-8(4-2-7)12-10(14)9-5-6-15-13-9/h1-6H,(H,12,14). The largest absolute Gasteiger partial charge is 0.364 e. The lowest BCUT2D eigenvalue weighted by Gasteiger charge is -2.01. The number of rotatable bonds is 2. The van der Waals surface area contributed by atoms with E-state index in [-0.39, 0.29) is 11.6 Å². The second-order valence-electron chi connectivity index (χ2n) is 2.85. The zero-order chi connectivity index (χ0) is 10.7. The molecule has 4 nitrogen and oxygen atoms in total. The van der Waals surface area contributed by atoms with Gasteiger partial charge in [0, 0.05) is 16.8 Å². The molecule has 0 saturated heterocycles. The van der Waals surface area contributed by atoms with Gasteiger partial charge in [-0.05, 0) is 24.3 Å². The Morgan fingerprint density at radius 1 is 1.27 bits per heavy atom. The Kier molecular flexibility index (Phi) is 2.69. The molecule has 0 saturated carbocycles. The van der Waals surface area contributed by atoms with Gasteiger partial charge in [0.25, 0.3) is 5.91 Å². The summed E-state index contributed by atoms with van der Waals surface area (Å²) in [5, 5.41) is 6.79. The number of aromatic nitrogens is 1. The number of carbonyl (C=O) groups excluding carboxylic acids is 1. The molecule has 2 rings (SSSR count). The molecule has 0 aliphatic carbocycles. The van der Waals surface area contributed by atoms with Crippen LogP contribution in [0.3, 0.4) is 0 Å². The molecule has 1 amide bonds. The quantitative estimate of drug-likeness (QED) is 0.850. The second-order valence-corrected chi connectivity index (χ2v) is 3.28. The Balaban J connectivity index is 2.09. The Labute approximate surface area is 90.8 Å². The predicted octanol–water partition coefficient (Wildman–Crippen LogP) is 2.58. The minimum absolute atomic E-state index is 0.241. The van der Waals surface area contributed by atoms with Gasteiger partial charge in [0.05, 0.1) is 0 Å². The topological polar surface area (TPSA) is 55.1 Å². The lowest BCUT2D eigenvalue weighted by atomic mass is 10.3.